The molecule has 0 aliphatic heterocycles. The monoisotopic (exact) mass is 213 g/mol. The van der Waals surface area contributed by atoms with Crippen LogP contribution in [0.1, 0.15) is 39.5 Å². The fourth-order valence-electron chi connectivity index (χ4n) is 1.63. The molecular weight excluding hydrogens is 190 g/mol. The average Bonchev–Trinajstić information content (AvgIpc) is 2.08. The van der Waals surface area contributed by atoms with E-state index < -0.39 is 0 Å². The Morgan fingerprint density at radius 3 is 2.73 bits per heavy atom. The van der Waals surface area contributed by atoms with E-state index in [-0.39, 0.29) is 5.97 Å². The minimum atomic E-state index is -0.116. The zero-order valence-corrected chi connectivity index (χ0v) is 9.92. The van der Waals surface area contributed by atoms with Crippen LogP contribution in [0.15, 0.2) is 0 Å². The van der Waals surface area contributed by atoms with Crippen LogP contribution < -0.4 is 5.32 Å². The summed E-state index contributed by atoms with van der Waals surface area (Å²) < 4.78 is 5.13. The van der Waals surface area contributed by atoms with Gasteiger partial charge in [-0.3, -0.25) is 4.79 Å². The Hall–Kier alpha value is -0.570. The lowest BCUT2D eigenvalue weighted by Crippen LogP contribution is -2.28. The summed E-state index contributed by atoms with van der Waals surface area (Å²) in [6.07, 6.45) is 5.05. The molecule has 0 amide bonds. The Balaban J connectivity index is 1.88. The predicted molar refractivity (Wildman–Crippen MR) is 60.6 cm³/mol. The summed E-state index contributed by atoms with van der Waals surface area (Å²) in [6, 6.07) is 0. The average molecular weight is 213 g/mol. The summed E-state index contributed by atoms with van der Waals surface area (Å²) in [5.74, 6) is 1.28. The molecule has 0 aromatic heterocycles. The van der Waals surface area contributed by atoms with Crippen LogP contribution >= 0.6 is 0 Å². The molecule has 1 rings (SSSR count). The number of nitrogens with one attached hydrogen (secondary N) is 1. The summed E-state index contributed by atoms with van der Waals surface area (Å²) in [5.41, 5.74) is 0. The maximum Gasteiger partial charge on any atom is 0.319 e. The van der Waals surface area contributed by atoms with Crippen LogP contribution in [0.3, 0.4) is 0 Å². The molecular formula is C12H23NO2. The molecule has 3 nitrogen and oxygen atoms in total. The van der Waals surface area contributed by atoms with Crippen molar-refractivity contribution in [3.63, 3.8) is 0 Å². The third kappa shape index (κ3) is 5.78. The molecule has 1 aliphatic carbocycles. The molecule has 0 bridgehead atoms. The van der Waals surface area contributed by atoms with Gasteiger partial charge in [-0.15, -0.1) is 0 Å². The fourth-order valence-corrected chi connectivity index (χ4v) is 1.63. The van der Waals surface area contributed by atoms with Gasteiger partial charge in [0.25, 0.3) is 0 Å². The molecule has 0 atom stereocenters. The molecule has 1 fully saturated rings. The van der Waals surface area contributed by atoms with Crippen molar-refractivity contribution in [2.75, 3.05) is 19.7 Å². The van der Waals surface area contributed by atoms with Crippen molar-refractivity contribution in [1.82, 2.24) is 5.32 Å². The molecule has 0 unspecified atom stereocenters. The molecule has 1 saturated carbocycles. The van der Waals surface area contributed by atoms with Gasteiger partial charge < -0.3 is 10.1 Å². The first-order valence-corrected chi connectivity index (χ1v) is 6.05. The standard InChI is InChI=1S/C12H23NO2/c1-10(2)8-13-9-12(14)15-7-6-11-4-3-5-11/h10-11,13H,3-9H2,1-2H3. The quantitative estimate of drug-likeness (QED) is 0.657. The second-order valence-electron chi connectivity index (χ2n) is 4.83. The van der Waals surface area contributed by atoms with E-state index >= 15 is 0 Å². The minimum absolute atomic E-state index is 0.116. The minimum Gasteiger partial charge on any atom is -0.465 e. The maximum absolute atomic E-state index is 11.2. The van der Waals surface area contributed by atoms with E-state index in [0.29, 0.717) is 19.1 Å². The molecule has 0 heterocycles. The van der Waals surface area contributed by atoms with E-state index in [9.17, 15) is 4.79 Å². The Morgan fingerprint density at radius 1 is 1.47 bits per heavy atom. The van der Waals surface area contributed by atoms with E-state index in [0.717, 1.165) is 18.9 Å². The maximum atomic E-state index is 11.2. The molecule has 0 saturated heterocycles. The van der Waals surface area contributed by atoms with Gasteiger partial charge in [-0.25, -0.2) is 0 Å². The van der Waals surface area contributed by atoms with Crippen molar-refractivity contribution in [2.24, 2.45) is 11.8 Å². The summed E-state index contributed by atoms with van der Waals surface area (Å²) in [7, 11) is 0. The number of hydrogen-bond donors (Lipinski definition) is 1. The number of carbonyl (C=O) groups excluding carboxylic acids is 1. The van der Waals surface area contributed by atoms with Crippen molar-refractivity contribution >= 4 is 5.97 Å². The molecule has 1 aliphatic rings. The Kier molecular flexibility index (Phi) is 5.69. The number of hydrogen-bond acceptors (Lipinski definition) is 3. The van der Waals surface area contributed by atoms with Crippen molar-refractivity contribution in [1.29, 1.82) is 0 Å². The van der Waals surface area contributed by atoms with Gasteiger partial charge in [0.2, 0.25) is 0 Å². The summed E-state index contributed by atoms with van der Waals surface area (Å²) >= 11 is 0. The molecule has 0 aromatic carbocycles. The van der Waals surface area contributed by atoms with Gasteiger partial charge in [0.1, 0.15) is 0 Å². The number of carbonyl (C=O) groups is 1. The lowest BCUT2D eigenvalue weighted by atomic mass is 9.83. The van der Waals surface area contributed by atoms with Gasteiger partial charge in [0.05, 0.1) is 13.2 Å². The largest absolute Gasteiger partial charge is 0.465 e. The second-order valence-corrected chi connectivity index (χ2v) is 4.83. The van der Waals surface area contributed by atoms with Gasteiger partial charge in [-0.1, -0.05) is 33.1 Å². The predicted octanol–water partition coefficient (Wildman–Crippen LogP) is 1.97. The molecule has 15 heavy (non-hydrogen) atoms. The highest BCUT2D eigenvalue weighted by atomic mass is 16.5. The van der Waals surface area contributed by atoms with Crippen LogP contribution in [-0.2, 0) is 9.53 Å². The third-order valence-corrected chi connectivity index (χ3v) is 2.84. The van der Waals surface area contributed by atoms with Crippen LogP contribution in [0.25, 0.3) is 0 Å². The van der Waals surface area contributed by atoms with Gasteiger partial charge >= 0.3 is 5.97 Å². The molecule has 3 heteroatoms. The molecule has 0 spiro atoms. The zero-order chi connectivity index (χ0) is 11.1. The van der Waals surface area contributed by atoms with Crippen LogP contribution in [0.5, 0.6) is 0 Å². The van der Waals surface area contributed by atoms with Crippen LogP contribution in [0.4, 0.5) is 0 Å². The van der Waals surface area contributed by atoms with Gasteiger partial charge in [-0.05, 0) is 24.8 Å². The van der Waals surface area contributed by atoms with Crippen molar-refractivity contribution in [2.45, 2.75) is 39.5 Å². The van der Waals surface area contributed by atoms with Crippen molar-refractivity contribution in [3.05, 3.63) is 0 Å². The van der Waals surface area contributed by atoms with E-state index in [1.54, 1.807) is 0 Å². The SMILES string of the molecule is CC(C)CNCC(=O)OCCC1CCC1. The molecule has 1 N–H and O–H groups in total. The number of rotatable bonds is 7. The highest BCUT2D eigenvalue weighted by Gasteiger charge is 2.17. The van der Waals surface area contributed by atoms with Crippen molar-refractivity contribution in [3.8, 4) is 0 Å². The Morgan fingerprint density at radius 2 is 2.20 bits per heavy atom. The Bertz CT molecular complexity index is 188. The lowest BCUT2D eigenvalue weighted by molar-refractivity contribution is -0.143. The summed E-state index contributed by atoms with van der Waals surface area (Å²) in [4.78, 5) is 11.2. The summed E-state index contributed by atoms with van der Waals surface area (Å²) in [6.45, 7) is 6.07. The highest BCUT2D eigenvalue weighted by molar-refractivity contribution is 5.71. The second kappa shape index (κ2) is 6.83. The van der Waals surface area contributed by atoms with E-state index in [2.05, 4.69) is 19.2 Å². The lowest BCUT2D eigenvalue weighted by Gasteiger charge is -2.24. The Labute approximate surface area is 92.6 Å². The van der Waals surface area contributed by atoms with Crippen LogP contribution in [0, 0.1) is 11.8 Å². The first-order chi connectivity index (χ1) is 7.18. The van der Waals surface area contributed by atoms with E-state index in [1.807, 2.05) is 0 Å². The first-order valence-electron chi connectivity index (χ1n) is 6.05. The van der Waals surface area contributed by atoms with Gasteiger partial charge in [0, 0.05) is 0 Å². The summed E-state index contributed by atoms with van der Waals surface area (Å²) in [5, 5.41) is 3.08. The molecule has 0 radical (unpaired) electrons. The fraction of sp³-hybridized carbons (Fsp3) is 0.917. The van der Waals surface area contributed by atoms with Gasteiger partial charge in [0.15, 0.2) is 0 Å². The number of ether oxygens (including phenoxy) is 1. The smallest absolute Gasteiger partial charge is 0.319 e. The van der Waals surface area contributed by atoms with Crippen LogP contribution in [0.2, 0.25) is 0 Å². The number of esters is 1. The van der Waals surface area contributed by atoms with Crippen LogP contribution in [-0.4, -0.2) is 25.7 Å². The first kappa shape index (κ1) is 12.5. The topological polar surface area (TPSA) is 38.3 Å². The van der Waals surface area contributed by atoms with E-state index in [1.165, 1.54) is 19.3 Å². The normalized spacial score (nSPS) is 16.5. The van der Waals surface area contributed by atoms with Gasteiger partial charge in [-0.2, -0.15) is 0 Å². The molecule has 0 aromatic rings. The van der Waals surface area contributed by atoms with Crippen molar-refractivity contribution < 1.29 is 9.53 Å². The highest BCUT2D eigenvalue weighted by Crippen LogP contribution is 2.28. The third-order valence-electron chi connectivity index (χ3n) is 2.84. The van der Waals surface area contributed by atoms with E-state index in [4.69, 9.17) is 4.74 Å². The zero-order valence-electron chi connectivity index (χ0n) is 9.92. The molecule has 88 valence electrons.